The molecule has 0 bridgehead atoms. The van der Waals surface area contributed by atoms with Crippen LogP contribution in [0.15, 0.2) is 24.3 Å². The molecule has 140 valence electrons. The number of benzene rings is 1. The predicted molar refractivity (Wildman–Crippen MR) is 105 cm³/mol. The quantitative estimate of drug-likeness (QED) is 0.831. The Hall–Kier alpha value is -1.10. The highest BCUT2D eigenvalue weighted by Crippen LogP contribution is 2.22. The standard InChI is InChI=1S/C21H35N3O/c1-17-4-3-12-23(16-17)15-11-22-18(2)19-5-7-20(8-6-19)24-13-9-21(25)10-14-24/h5-8,17-18,21-22,25H,3-4,9-16H2,1-2H3. The van der Waals surface area contributed by atoms with Gasteiger partial charge in [0, 0.05) is 44.5 Å². The van der Waals surface area contributed by atoms with Crippen molar-refractivity contribution in [3.05, 3.63) is 29.8 Å². The summed E-state index contributed by atoms with van der Waals surface area (Å²) < 4.78 is 0. The Bertz CT molecular complexity index is 510. The predicted octanol–water partition coefficient (Wildman–Crippen LogP) is 3.03. The van der Waals surface area contributed by atoms with Crippen molar-refractivity contribution in [2.45, 2.75) is 51.7 Å². The Labute approximate surface area is 153 Å². The topological polar surface area (TPSA) is 38.7 Å². The summed E-state index contributed by atoms with van der Waals surface area (Å²) in [6, 6.07) is 9.36. The molecule has 0 aromatic heterocycles. The van der Waals surface area contributed by atoms with Crippen molar-refractivity contribution < 1.29 is 5.11 Å². The maximum atomic E-state index is 9.64. The second-order valence-corrected chi connectivity index (χ2v) is 8.03. The third-order valence-electron chi connectivity index (χ3n) is 5.84. The number of nitrogens with one attached hydrogen (secondary N) is 1. The SMILES string of the molecule is CC1CCCN(CCNC(C)c2ccc(N3CCC(O)CC3)cc2)C1. The highest BCUT2D eigenvalue weighted by molar-refractivity contribution is 5.48. The molecule has 3 rings (SSSR count). The van der Waals surface area contributed by atoms with E-state index in [1.54, 1.807) is 0 Å². The summed E-state index contributed by atoms with van der Waals surface area (Å²) in [5.41, 5.74) is 2.64. The number of aliphatic hydroxyl groups is 1. The lowest BCUT2D eigenvalue weighted by Crippen LogP contribution is -2.39. The molecule has 1 aromatic rings. The summed E-state index contributed by atoms with van der Waals surface area (Å²) in [5, 5.41) is 13.3. The first kappa shape index (κ1) is 18.7. The monoisotopic (exact) mass is 345 g/mol. The molecule has 2 aliphatic heterocycles. The molecule has 2 atom stereocenters. The van der Waals surface area contributed by atoms with Crippen LogP contribution in [0.4, 0.5) is 5.69 Å². The largest absolute Gasteiger partial charge is 0.393 e. The summed E-state index contributed by atoms with van der Waals surface area (Å²) in [5.74, 6) is 0.856. The van der Waals surface area contributed by atoms with Gasteiger partial charge < -0.3 is 20.2 Å². The van der Waals surface area contributed by atoms with E-state index in [-0.39, 0.29) is 6.10 Å². The Balaban J connectivity index is 1.43. The zero-order valence-electron chi connectivity index (χ0n) is 16.0. The van der Waals surface area contributed by atoms with E-state index in [0.717, 1.165) is 44.9 Å². The first-order valence-electron chi connectivity index (χ1n) is 10.1. The van der Waals surface area contributed by atoms with Gasteiger partial charge in [-0.05, 0) is 62.8 Å². The maximum absolute atomic E-state index is 9.64. The smallest absolute Gasteiger partial charge is 0.0574 e. The highest BCUT2D eigenvalue weighted by atomic mass is 16.3. The Morgan fingerprint density at radius 3 is 2.52 bits per heavy atom. The van der Waals surface area contributed by atoms with Crippen LogP contribution in [0.2, 0.25) is 0 Å². The number of piperidine rings is 2. The molecule has 0 aliphatic carbocycles. The number of rotatable bonds is 6. The van der Waals surface area contributed by atoms with Crippen LogP contribution in [0.25, 0.3) is 0 Å². The molecule has 0 saturated carbocycles. The van der Waals surface area contributed by atoms with Crippen molar-refractivity contribution in [3.63, 3.8) is 0 Å². The zero-order valence-corrected chi connectivity index (χ0v) is 16.0. The summed E-state index contributed by atoms with van der Waals surface area (Å²) in [6.07, 6.45) is 4.40. The fraction of sp³-hybridized carbons (Fsp3) is 0.714. The third kappa shape index (κ3) is 5.44. The average molecular weight is 346 g/mol. The number of hydrogen-bond acceptors (Lipinski definition) is 4. The van der Waals surface area contributed by atoms with Gasteiger partial charge in [-0.15, -0.1) is 0 Å². The molecule has 25 heavy (non-hydrogen) atoms. The van der Waals surface area contributed by atoms with Crippen LogP contribution in [0.3, 0.4) is 0 Å². The number of anilines is 1. The van der Waals surface area contributed by atoms with E-state index in [0.29, 0.717) is 6.04 Å². The molecular formula is C21H35N3O. The number of hydrogen-bond donors (Lipinski definition) is 2. The molecule has 2 fully saturated rings. The molecular weight excluding hydrogens is 310 g/mol. The van der Waals surface area contributed by atoms with E-state index in [1.807, 2.05) is 0 Å². The third-order valence-corrected chi connectivity index (χ3v) is 5.84. The van der Waals surface area contributed by atoms with Gasteiger partial charge >= 0.3 is 0 Å². The van der Waals surface area contributed by atoms with E-state index < -0.39 is 0 Å². The number of aliphatic hydroxyl groups excluding tert-OH is 1. The lowest BCUT2D eigenvalue weighted by Gasteiger charge is -2.32. The first-order chi connectivity index (χ1) is 12.1. The second-order valence-electron chi connectivity index (χ2n) is 8.03. The molecule has 2 heterocycles. The van der Waals surface area contributed by atoms with Crippen molar-refractivity contribution in [3.8, 4) is 0 Å². The van der Waals surface area contributed by atoms with Crippen molar-refractivity contribution in [1.82, 2.24) is 10.2 Å². The van der Waals surface area contributed by atoms with E-state index in [4.69, 9.17) is 0 Å². The van der Waals surface area contributed by atoms with E-state index in [9.17, 15) is 5.11 Å². The van der Waals surface area contributed by atoms with E-state index >= 15 is 0 Å². The lowest BCUT2D eigenvalue weighted by atomic mass is 10.0. The van der Waals surface area contributed by atoms with Gasteiger partial charge in [-0.1, -0.05) is 19.1 Å². The van der Waals surface area contributed by atoms with Gasteiger partial charge in [0.1, 0.15) is 0 Å². The van der Waals surface area contributed by atoms with Crippen LogP contribution in [0.5, 0.6) is 0 Å². The molecule has 1 aromatic carbocycles. The van der Waals surface area contributed by atoms with Crippen LogP contribution in [0, 0.1) is 5.92 Å². The molecule has 2 N–H and O–H groups in total. The number of nitrogens with zero attached hydrogens (tertiary/aromatic N) is 2. The highest BCUT2D eigenvalue weighted by Gasteiger charge is 2.18. The van der Waals surface area contributed by atoms with Gasteiger partial charge in [0.15, 0.2) is 0 Å². The molecule has 0 spiro atoms. The van der Waals surface area contributed by atoms with Crippen LogP contribution < -0.4 is 10.2 Å². The molecule has 2 unspecified atom stereocenters. The average Bonchev–Trinajstić information content (AvgIpc) is 2.62. The molecule has 4 nitrogen and oxygen atoms in total. The van der Waals surface area contributed by atoms with Crippen LogP contribution >= 0.6 is 0 Å². The second kappa shape index (κ2) is 9.02. The normalized spacial score (nSPS) is 24.4. The summed E-state index contributed by atoms with van der Waals surface area (Å²) in [4.78, 5) is 4.98. The summed E-state index contributed by atoms with van der Waals surface area (Å²) >= 11 is 0. The van der Waals surface area contributed by atoms with Crippen LogP contribution in [-0.4, -0.2) is 55.4 Å². The summed E-state index contributed by atoms with van der Waals surface area (Å²) in [7, 11) is 0. The summed E-state index contributed by atoms with van der Waals surface area (Å²) in [6.45, 7) is 11.3. The molecule has 2 saturated heterocycles. The Morgan fingerprint density at radius 1 is 1.12 bits per heavy atom. The lowest BCUT2D eigenvalue weighted by molar-refractivity contribution is 0.145. The number of likely N-dealkylation sites (tertiary alicyclic amines) is 1. The van der Waals surface area contributed by atoms with E-state index in [2.05, 4.69) is 53.2 Å². The van der Waals surface area contributed by atoms with Crippen molar-refractivity contribution in [1.29, 1.82) is 0 Å². The fourth-order valence-electron chi connectivity index (χ4n) is 4.14. The van der Waals surface area contributed by atoms with Gasteiger partial charge in [-0.2, -0.15) is 0 Å². The van der Waals surface area contributed by atoms with Crippen molar-refractivity contribution >= 4 is 5.69 Å². The van der Waals surface area contributed by atoms with Crippen LogP contribution in [-0.2, 0) is 0 Å². The zero-order chi connectivity index (χ0) is 17.6. The maximum Gasteiger partial charge on any atom is 0.0574 e. The minimum absolute atomic E-state index is 0.109. The molecule has 2 aliphatic rings. The minimum atomic E-state index is -0.109. The Kier molecular flexibility index (Phi) is 6.74. The van der Waals surface area contributed by atoms with Gasteiger partial charge in [0.25, 0.3) is 0 Å². The van der Waals surface area contributed by atoms with Crippen LogP contribution in [0.1, 0.15) is 51.1 Å². The minimum Gasteiger partial charge on any atom is -0.393 e. The van der Waals surface area contributed by atoms with Gasteiger partial charge in [-0.3, -0.25) is 0 Å². The van der Waals surface area contributed by atoms with E-state index in [1.165, 1.54) is 37.2 Å². The fourth-order valence-corrected chi connectivity index (χ4v) is 4.14. The molecule has 0 amide bonds. The molecule has 0 radical (unpaired) electrons. The first-order valence-corrected chi connectivity index (χ1v) is 10.1. The Morgan fingerprint density at radius 2 is 1.84 bits per heavy atom. The molecule has 4 heteroatoms. The van der Waals surface area contributed by atoms with Gasteiger partial charge in [-0.25, -0.2) is 0 Å². The van der Waals surface area contributed by atoms with Crippen molar-refractivity contribution in [2.75, 3.05) is 44.2 Å². The van der Waals surface area contributed by atoms with Crippen molar-refractivity contribution in [2.24, 2.45) is 5.92 Å². The van der Waals surface area contributed by atoms with Gasteiger partial charge in [0.2, 0.25) is 0 Å². The van der Waals surface area contributed by atoms with Gasteiger partial charge in [0.05, 0.1) is 6.10 Å².